The molecule has 2 atom stereocenters. The fourth-order valence-corrected chi connectivity index (χ4v) is 4.60. The predicted octanol–water partition coefficient (Wildman–Crippen LogP) is 2.43. The molecule has 0 bridgehead atoms. The van der Waals surface area contributed by atoms with Crippen molar-refractivity contribution < 1.29 is 13.5 Å². The SMILES string of the molecule is Cc1ccc(Cl)cc1S(=O)(=O)N1CCCC(C(C)O)C1. The second-order valence-corrected chi connectivity index (χ2v) is 7.76. The maximum absolute atomic E-state index is 12.7. The van der Waals surface area contributed by atoms with Gasteiger partial charge in [0, 0.05) is 18.1 Å². The molecule has 2 unspecified atom stereocenters. The van der Waals surface area contributed by atoms with Crippen LogP contribution in [0.1, 0.15) is 25.3 Å². The minimum atomic E-state index is -3.54. The van der Waals surface area contributed by atoms with Crippen LogP contribution in [0.2, 0.25) is 5.02 Å². The summed E-state index contributed by atoms with van der Waals surface area (Å²) in [7, 11) is -3.54. The lowest BCUT2D eigenvalue weighted by molar-refractivity contribution is 0.0885. The first-order chi connectivity index (χ1) is 9.32. The molecule has 0 saturated carbocycles. The molecule has 1 aliphatic rings. The number of piperidine rings is 1. The monoisotopic (exact) mass is 317 g/mol. The third-order valence-electron chi connectivity index (χ3n) is 3.87. The Labute approximate surface area is 125 Å². The van der Waals surface area contributed by atoms with Crippen molar-refractivity contribution in [3.63, 3.8) is 0 Å². The van der Waals surface area contributed by atoms with Crippen LogP contribution >= 0.6 is 11.6 Å². The summed E-state index contributed by atoms with van der Waals surface area (Å²) in [6, 6.07) is 4.90. The van der Waals surface area contributed by atoms with Gasteiger partial charge in [-0.05, 0) is 50.3 Å². The van der Waals surface area contributed by atoms with Gasteiger partial charge < -0.3 is 5.11 Å². The summed E-state index contributed by atoms with van der Waals surface area (Å²) in [5.41, 5.74) is 0.688. The van der Waals surface area contributed by atoms with E-state index >= 15 is 0 Å². The quantitative estimate of drug-likeness (QED) is 0.931. The highest BCUT2D eigenvalue weighted by molar-refractivity contribution is 7.89. The van der Waals surface area contributed by atoms with Gasteiger partial charge >= 0.3 is 0 Å². The Morgan fingerprint density at radius 3 is 2.80 bits per heavy atom. The maximum atomic E-state index is 12.7. The molecule has 1 aliphatic heterocycles. The fourth-order valence-electron chi connectivity index (χ4n) is 2.58. The topological polar surface area (TPSA) is 57.6 Å². The first-order valence-corrected chi connectivity index (χ1v) is 8.58. The summed E-state index contributed by atoms with van der Waals surface area (Å²) in [4.78, 5) is 0.260. The average Bonchev–Trinajstić information content (AvgIpc) is 2.41. The highest BCUT2D eigenvalue weighted by Crippen LogP contribution is 2.28. The highest BCUT2D eigenvalue weighted by Gasteiger charge is 2.32. The molecular weight excluding hydrogens is 298 g/mol. The van der Waals surface area contributed by atoms with Crippen LogP contribution in [0, 0.1) is 12.8 Å². The van der Waals surface area contributed by atoms with Crippen LogP contribution in [-0.4, -0.2) is 37.0 Å². The Kier molecular flexibility index (Phi) is 4.74. The molecular formula is C14H20ClNO3S. The first-order valence-electron chi connectivity index (χ1n) is 6.76. The molecule has 1 aromatic rings. The van der Waals surface area contributed by atoms with Gasteiger partial charge in [-0.1, -0.05) is 17.7 Å². The number of nitrogens with zero attached hydrogens (tertiary/aromatic N) is 1. The van der Waals surface area contributed by atoms with Crippen LogP contribution in [0.5, 0.6) is 0 Å². The minimum Gasteiger partial charge on any atom is -0.393 e. The minimum absolute atomic E-state index is 0.00184. The van der Waals surface area contributed by atoms with Crippen molar-refractivity contribution in [1.29, 1.82) is 0 Å². The summed E-state index contributed by atoms with van der Waals surface area (Å²) < 4.78 is 26.9. The number of aliphatic hydroxyl groups is 1. The van der Waals surface area contributed by atoms with E-state index in [4.69, 9.17) is 11.6 Å². The molecule has 4 nitrogen and oxygen atoms in total. The van der Waals surface area contributed by atoms with Crippen molar-refractivity contribution in [3.05, 3.63) is 28.8 Å². The average molecular weight is 318 g/mol. The molecule has 6 heteroatoms. The molecule has 112 valence electrons. The number of aliphatic hydroxyl groups excluding tert-OH is 1. The molecule has 0 spiro atoms. The summed E-state index contributed by atoms with van der Waals surface area (Å²) >= 11 is 5.92. The van der Waals surface area contributed by atoms with E-state index in [0.717, 1.165) is 12.8 Å². The number of benzene rings is 1. The molecule has 1 aromatic carbocycles. The molecule has 1 saturated heterocycles. The second kappa shape index (κ2) is 6.02. The molecule has 1 fully saturated rings. The smallest absolute Gasteiger partial charge is 0.243 e. The van der Waals surface area contributed by atoms with Crippen molar-refractivity contribution in [2.24, 2.45) is 5.92 Å². The summed E-state index contributed by atoms with van der Waals surface area (Å²) in [5.74, 6) is -0.00184. The van der Waals surface area contributed by atoms with E-state index in [0.29, 0.717) is 23.7 Å². The van der Waals surface area contributed by atoms with Crippen LogP contribution in [0.25, 0.3) is 0 Å². The molecule has 2 rings (SSSR count). The maximum Gasteiger partial charge on any atom is 0.243 e. The van der Waals surface area contributed by atoms with Crippen molar-refractivity contribution in [1.82, 2.24) is 4.31 Å². The molecule has 0 aliphatic carbocycles. The number of hydrogen-bond donors (Lipinski definition) is 1. The van der Waals surface area contributed by atoms with Crippen LogP contribution in [-0.2, 0) is 10.0 Å². The van der Waals surface area contributed by atoms with E-state index < -0.39 is 16.1 Å². The number of hydrogen-bond acceptors (Lipinski definition) is 3. The van der Waals surface area contributed by atoms with Gasteiger partial charge in [-0.25, -0.2) is 8.42 Å². The van der Waals surface area contributed by atoms with Gasteiger partial charge in [0.2, 0.25) is 10.0 Å². The molecule has 20 heavy (non-hydrogen) atoms. The third-order valence-corrected chi connectivity index (χ3v) is 6.11. The molecule has 1 heterocycles. The highest BCUT2D eigenvalue weighted by atomic mass is 35.5. The van der Waals surface area contributed by atoms with Crippen molar-refractivity contribution in [2.75, 3.05) is 13.1 Å². The van der Waals surface area contributed by atoms with E-state index in [-0.39, 0.29) is 10.8 Å². The lowest BCUT2D eigenvalue weighted by Gasteiger charge is -2.33. The first kappa shape index (κ1) is 15.8. The summed E-state index contributed by atoms with van der Waals surface area (Å²) in [6.45, 7) is 4.34. The van der Waals surface area contributed by atoms with Gasteiger partial charge in [-0.15, -0.1) is 0 Å². The molecule has 0 aromatic heterocycles. The van der Waals surface area contributed by atoms with Crippen LogP contribution in [0.4, 0.5) is 0 Å². The van der Waals surface area contributed by atoms with Crippen LogP contribution in [0.15, 0.2) is 23.1 Å². The number of rotatable bonds is 3. The van der Waals surface area contributed by atoms with Gasteiger partial charge in [0.05, 0.1) is 11.0 Å². The lowest BCUT2D eigenvalue weighted by atomic mass is 9.95. The zero-order valence-corrected chi connectivity index (χ0v) is 13.3. The van der Waals surface area contributed by atoms with Crippen LogP contribution < -0.4 is 0 Å². The van der Waals surface area contributed by atoms with Gasteiger partial charge in [0.1, 0.15) is 0 Å². The third kappa shape index (κ3) is 3.17. The zero-order chi connectivity index (χ0) is 14.9. The van der Waals surface area contributed by atoms with E-state index in [1.807, 2.05) is 0 Å². The second-order valence-electron chi connectivity index (χ2n) is 5.42. The van der Waals surface area contributed by atoms with Gasteiger partial charge in [0.25, 0.3) is 0 Å². The largest absolute Gasteiger partial charge is 0.393 e. The van der Waals surface area contributed by atoms with Crippen molar-refractivity contribution >= 4 is 21.6 Å². The van der Waals surface area contributed by atoms with E-state index in [1.54, 1.807) is 26.0 Å². The number of aryl methyl sites for hydroxylation is 1. The van der Waals surface area contributed by atoms with Gasteiger partial charge in [-0.3, -0.25) is 0 Å². The summed E-state index contributed by atoms with van der Waals surface area (Å²) in [6.07, 6.45) is 1.14. The van der Waals surface area contributed by atoms with E-state index in [9.17, 15) is 13.5 Å². The zero-order valence-electron chi connectivity index (χ0n) is 11.7. The number of halogens is 1. The van der Waals surface area contributed by atoms with Crippen molar-refractivity contribution in [3.8, 4) is 0 Å². The summed E-state index contributed by atoms with van der Waals surface area (Å²) in [5, 5.41) is 10.1. The van der Waals surface area contributed by atoms with Gasteiger partial charge in [0.15, 0.2) is 0 Å². The Morgan fingerprint density at radius 2 is 2.15 bits per heavy atom. The Bertz CT molecular complexity index is 586. The van der Waals surface area contributed by atoms with E-state index in [2.05, 4.69) is 0 Å². The number of sulfonamides is 1. The van der Waals surface area contributed by atoms with E-state index in [1.165, 1.54) is 10.4 Å². The molecule has 0 radical (unpaired) electrons. The van der Waals surface area contributed by atoms with Crippen molar-refractivity contribution in [2.45, 2.75) is 37.7 Å². The Morgan fingerprint density at radius 1 is 1.45 bits per heavy atom. The fraction of sp³-hybridized carbons (Fsp3) is 0.571. The lowest BCUT2D eigenvalue weighted by Crippen LogP contribution is -2.43. The predicted molar refractivity (Wildman–Crippen MR) is 79.4 cm³/mol. The Hall–Kier alpha value is -0.620. The standard InChI is InChI=1S/C14H20ClNO3S/c1-10-5-6-13(15)8-14(10)20(18,19)16-7-3-4-12(9-16)11(2)17/h5-6,8,11-12,17H,3-4,7,9H2,1-2H3. The van der Waals surface area contributed by atoms with Crippen LogP contribution in [0.3, 0.4) is 0 Å². The molecule has 1 N–H and O–H groups in total. The molecule has 0 amide bonds. The normalized spacial score (nSPS) is 22.7. The Balaban J connectivity index is 2.32. The van der Waals surface area contributed by atoms with Gasteiger partial charge in [-0.2, -0.15) is 4.31 Å².